The zero-order chi connectivity index (χ0) is 14.8. The first kappa shape index (κ1) is 15.1. The van der Waals surface area contributed by atoms with Crippen molar-refractivity contribution in [1.82, 2.24) is 9.29 Å². The summed E-state index contributed by atoms with van der Waals surface area (Å²) in [7, 11) is -2.06. The summed E-state index contributed by atoms with van der Waals surface area (Å²) in [5, 5.41) is 11.1. The molecule has 0 unspecified atom stereocenters. The first-order valence-corrected chi connectivity index (χ1v) is 8.37. The molecular formula is C13H16N2O3S2. The lowest BCUT2D eigenvalue weighted by molar-refractivity contribution is 0.280. The molecule has 0 bridgehead atoms. The summed E-state index contributed by atoms with van der Waals surface area (Å²) in [5.74, 6) is 0. The van der Waals surface area contributed by atoms with E-state index in [0.29, 0.717) is 5.56 Å². The minimum Gasteiger partial charge on any atom is -0.392 e. The largest absolute Gasteiger partial charge is 0.392 e. The van der Waals surface area contributed by atoms with Crippen molar-refractivity contribution in [3.63, 3.8) is 0 Å². The van der Waals surface area contributed by atoms with Crippen molar-refractivity contribution >= 4 is 21.4 Å². The van der Waals surface area contributed by atoms with Gasteiger partial charge in [-0.25, -0.2) is 13.4 Å². The lowest BCUT2D eigenvalue weighted by Crippen LogP contribution is -2.26. The highest BCUT2D eigenvalue weighted by Crippen LogP contribution is 2.20. The van der Waals surface area contributed by atoms with Crippen molar-refractivity contribution < 1.29 is 13.5 Å². The van der Waals surface area contributed by atoms with Gasteiger partial charge in [-0.2, -0.15) is 4.31 Å². The van der Waals surface area contributed by atoms with Crippen LogP contribution in [0.15, 0.2) is 34.0 Å². The van der Waals surface area contributed by atoms with Gasteiger partial charge in [0, 0.05) is 12.4 Å². The first-order valence-electron chi connectivity index (χ1n) is 5.99. The second-order valence-corrected chi connectivity index (χ2v) is 7.25. The van der Waals surface area contributed by atoms with Gasteiger partial charge in [0.25, 0.3) is 0 Å². The monoisotopic (exact) mass is 312 g/mol. The molecule has 1 aromatic heterocycles. The molecule has 0 atom stereocenters. The fourth-order valence-electron chi connectivity index (χ4n) is 1.79. The number of thiazole rings is 1. The van der Waals surface area contributed by atoms with Crippen molar-refractivity contribution in [2.45, 2.75) is 25.0 Å². The number of hydrogen-bond donors (Lipinski definition) is 1. The van der Waals surface area contributed by atoms with Crippen molar-refractivity contribution in [3.05, 3.63) is 45.9 Å². The highest BCUT2D eigenvalue weighted by molar-refractivity contribution is 7.89. The van der Waals surface area contributed by atoms with Gasteiger partial charge in [-0.15, -0.1) is 11.3 Å². The Bertz CT molecular complexity index is 682. The standard InChI is InChI=1S/C13H16N2O3S2/c1-10-3-4-13(5-11(10)7-16)20(17,18)15(2)6-12-8-19-9-14-12/h3-5,8-9,16H,6-7H2,1-2H3. The Morgan fingerprint density at radius 3 is 2.75 bits per heavy atom. The molecule has 0 saturated heterocycles. The molecule has 0 saturated carbocycles. The predicted octanol–water partition coefficient (Wildman–Crippen LogP) is 1.76. The molecule has 0 aliphatic rings. The van der Waals surface area contributed by atoms with E-state index in [1.807, 2.05) is 12.3 Å². The summed E-state index contributed by atoms with van der Waals surface area (Å²) < 4.78 is 26.2. The minimum absolute atomic E-state index is 0.176. The maximum Gasteiger partial charge on any atom is 0.243 e. The van der Waals surface area contributed by atoms with Crippen LogP contribution in [-0.4, -0.2) is 29.9 Å². The van der Waals surface area contributed by atoms with Crippen LogP contribution in [0.1, 0.15) is 16.8 Å². The Morgan fingerprint density at radius 1 is 1.40 bits per heavy atom. The van der Waals surface area contributed by atoms with Gasteiger partial charge in [0.05, 0.1) is 29.3 Å². The minimum atomic E-state index is -3.58. The Morgan fingerprint density at radius 2 is 2.15 bits per heavy atom. The maximum absolute atomic E-state index is 12.5. The third kappa shape index (κ3) is 3.06. The summed E-state index contributed by atoms with van der Waals surface area (Å²) >= 11 is 1.43. The van der Waals surface area contributed by atoms with E-state index in [0.717, 1.165) is 11.3 Å². The number of nitrogens with zero attached hydrogens (tertiary/aromatic N) is 2. The van der Waals surface area contributed by atoms with Crippen LogP contribution < -0.4 is 0 Å². The van der Waals surface area contributed by atoms with E-state index in [4.69, 9.17) is 0 Å². The van der Waals surface area contributed by atoms with Crippen LogP contribution in [-0.2, 0) is 23.2 Å². The van der Waals surface area contributed by atoms with Gasteiger partial charge in [-0.3, -0.25) is 0 Å². The van der Waals surface area contributed by atoms with Gasteiger partial charge in [0.1, 0.15) is 0 Å². The second kappa shape index (κ2) is 6.01. The van der Waals surface area contributed by atoms with E-state index in [1.165, 1.54) is 28.8 Å². The average Bonchev–Trinajstić information content (AvgIpc) is 2.91. The number of sulfonamides is 1. The Hall–Kier alpha value is -1.28. The van der Waals surface area contributed by atoms with E-state index in [-0.39, 0.29) is 18.0 Å². The zero-order valence-electron chi connectivity index (χ0n) is 11.3. The summed E-state index contributed by atoms with van der Waals surface area (Å²) in [6, 6.07) is 4.78. The van der Waals surface area contributed by atoms with Crippen LogP contribution in [0, 0.1) is 6.92 Å². The summed E-state index contributed by atoms with van der Waals surface area (Å²) in [5.41, 5.74) is 3.88. The van der Waals surface area contributed by atoms with Crippen LogP contribution in [0.4, 0.5) is 0 Å². The van der Waals surface area contributed by atoms with E-state index >= 15 is 0 Å². The van der Waals surface area contributed by atoms with E-state index < -0.39 is 10.0 Å². The van der Waals surface area contributed by atoms with Crippen LogP contribution >= 0.6 is 11.3 Å². The molecular weight excluding hydrogens is 296 g/mol. The molecule has 5 nitrogen and oxygen atoms in total. The molecule has 108 valence electrons. The number of rotatable bonds is 5. The third-order valence-electron chi connectivity index (χ3n) is 3.07. The normalized spacial score (nSPS) is 12.0. The number of aryl methyl sites for hydroxylation is 1. The number of benzene rings is 1. The molecule has 0 aliphatic carbocycles. The molecule has 1 aromatic carbocycles. The SMILES string of the molecule is Cc1ccc(S(=O)(=O)N(C)Cc2cscn2)cc1CO. The van der Waals surface area contributed by atoms with Crippen molar-refractivity contribution in [3.8, 4) is 0 Å². The Balaban J connectivity index is 2.29. The molecule has 1 N–H and O–H groups in total. The van der Waals surface area contributed by atoms with Crippen LogP contribution in [0.3, 0.4) is 0 Å². The quantitative estimate of drug-likeness (QED) is 0.913. The van der Waals surface area contributed by atoms with E-state index in [9.17, 15) is 13.5 Å². The Kier molecular flexibility index (Phi) is 4.54. The van der Waals surface area contributed by atoms with Crippen molar-refractivity contribution in [1.29, 1.82) is 0 Å². The molecule has 0 radical (unpaired) electrons. The van der Waals surface area contributed by atoms with Gasteiger partial charge in [0.2, 0.25) is 10.0 Å². The maximum atomic E-state index is 12.5. The van der Waals surface area contributed by atoms with Gasteiger partial charge in [-0.1, -0.05) is 6.07 Å². The molecule has 20 heavy (non-hydrogen) atoms. The number of aliphatic hydroxyl groups excluding tert-OH is 1. The van der Waals surface area contributed by atoms with Crippen LogP contribution in [0.5, 0.6) is 0 Å². The molecule has 0 spiro atoms. The van der Waals surface area contributed by atoms with Gasteiger partial charge >= 0.3 is 0 Å². The summed E-state index contributed by atoms with van der Waals surface area (Å²) in [6.45, 7) is 1.89. The molecule has 0 amide bonds. The molecule has 0 aliphatic heterocycles. The molecule has 2 rings (SSSR count). The smallest absolute Gasteiger partial charge is 0.243 e. The lowest BCUT2D eigenvalue weighted by Gasteiger charge is -2.17. The van der Waals surface area contributed by atoms with Gasteiger partial charge in [-0.05, 0) is 30.2 Å². The lowest BCUT2D eigenvalue weighted by atomic mass is 10.1. The summed E-state index contributed by atoms with van der Waals surface area (Å²) in [4.78, 5) is 4.27. The molecule has 0 fully saturated rings. The molecule has 2 aromatic rings. The number of aromatic nitrogens is 1. The predicted molar refractivity (Wildman–Crippen MR) is 77.9 cm³/mol. The highest BCUT2D eigenvalue weighted by atomic mass is 32.2. The first-order chi connectivity index (χ1) is 9.45. The number of hydrogen-bond acceptors (Lipinski definition) is 5. The van der Waals surface area contributed by atoms with Crippen LogP contribution in [0.2, 0.25) is 0 Å². The van der Waals surface area contributed by atoms with Gasteiger partial charge in [0.15, 0.2) is 0 Å². The van der Waals surface area contributed by atoms with Crippen molar-refractivity contribution in [2.75, 3.05) is 7.05 Å². The highest BCUT2D eigenvalue weighted by Gasteiger charge is 2.22. The summed E-state index contributed by atoms with van der Waals surface area (Å²) in [6.07, 6.45) is 0. The van der Waals surface area contributed by atoms with E-state index in [2.05, 4.69) is 4.98 Å². The topological polar surface area (TPSA) is 70.5 Å². The van der Waals surface area contributed by atoms with E-state index in [1.54, 1.807) is 17.6 Å². The van der Waals surface area contributed by atoms with Gasteiger partial charge < -0.3 is 5.11 Å². The fourth-order valence-corrected chi connectivity index (χ4v) is 3.53. The van der Waals surface area contributed by atoms with Crippen molar-refractivity contribution in [2.24, 2.45) is 0 Å². The third-order valence-corrected chi connectivity index (χ3v) is 5.50. The number of aliphatic hydroxyl groups is 1. The molecule has 7 heteroatoms. The average molecular weight is 312 g/mol. The molecule has 1 heterocycles. The second-order valence-electron chi connectivity index (χ2n) is 4.49. The Labute approximate surface area is 122 Å². The zero-order valence-corrected chi connectivity index (χ0v) is 12.9. The van der Waals surface area contributed by atoms with Crippen LogP contribution in [0.25, 0.3) is 0 Å². The fraction of sp³-hybridized carbons (Fsp3) is 0.308.